The number of aromatic nitrogens is 2. The summed E-state index contributed by atoms with van der Waals surface area (Å²) in [5, 5.41) is 13.2. The fourth-order valence-electron chi connectivity index (χ4n) is 2.43. The van der Waals surface area contributed by atoms with Gasteiger partial charge in [-0.1, -0.05) is 53.8 Å². The number of primary amides is 1. The second-order valence-corrected chi connectivity index (χ2v) is 5.96. The van der Waals surface area contributed by atoms with Crippen LogP contribution >= 0.6 is 11.3 Å². The van der Waals surface area contributed by atoms with E-state index >= 15 is 0 Å². The van der Waals surface area contributed by atoms with Gasteiger partial charge in [0.1, 0.15) is 5.01 Å². The van der Waals surface area contributed by atoms with Crippen molar-refractivity contribution in [2.24, 2.45) is 11.7 Å². The molecular weight excluding hydrogens is 284 g/mol. The summed E-state index contributed by atoms with van der Waals surface area (Å²) in [7, 11) is 0. The van der Waals surface area contributed by atoms with Gasteiger partial charge >= 0.3 is 0 Å². The van der Waals surface area contributed by atoms with Crippen molar-refractivity contribution in [2.75, 3.05) is 5.32 Å². The zero-order valence-electron chi connectivity index (χ0n) is 11.4. The lowest BCUT2D eigenvalue weighted by molar-refractivity contribution is -0.122. The predicted molar refractivity (Wildman–Crippen MR) is 83.8 cm³/mol. The van der Waals surface area contributed by atoms with Crippen molar-refractivity contribution >= 4 is 22.4 Å². The molecule has 1 aromatic carbocycles. The smallest absolute Gasteiger partial charge is 0.222 e. The largest absolute Gasteiger partial charge is 0.369 e. The molecule has 0 fully saturated rings. The minimum Gasteiger partial charge on any atom is -0.369 e. The van der Waals surface area contributed by atoms with Crippen LogP contribution in [-0.4, -0.2) is 22.1 Å². The van der Waals surface area contributed by atoms with E-state index < -0.39 is 0 Å². The Morgan fingerprint density at radius 3 is 2.71 bits per heavy atom. The number of anilines is 1. The van der Waals surface area contributed by atoms with E-state index in [0.717, 1.165) is 22.1 Å². The third-order valence-electron chi connectivity index (χ3n) is 3.55. The zero-order valence-corrected chi connectivity index (χ0v) is 12.2. The van der Waals surface area contributed by atoms with E-state index in [-0.39, 0.29) is 17.9 Å². The predicted octanol–water partition coefficient (Wildman–Crippen LogP) is 2.44. The summed E-state index contributed by atoms with van der Waals surface area (Å²) in [6, 6.07) is 9.90. The van der Waals surface area contributed by atoms with Crippen LogP contribution in [0.25, 0.3) is 10.6 Å². The maximum absolute atomic E-state index is 11.5. The SMILES string of the molecule is NC(=O)C1CC=CCC1Nc1nnc(-c2ccccc2)s1. The first-order valence-electron chi connectivity index (χ1n) is 6.84. The standard InChI is InChI=1S/C15H16N4OS/c16-13(20)11-8-4-5-9-12(11)17-15-19-18-14(21-15)10-6-2-1-3-7-10/h1-7,11-12H,8-9H2,(H2,16,20)(H,17,19). The Kier molecular flexibility index (Phi) is 3.96. The summed E-state index contributed by atoms with van der Waals surface area (Å²) in [5.74, 6) is -0.469. The lowest BCUT2D eigenvalue weighted by atomic mass is 9.88. The summed E-state index contributed by atoms with van der Waals surface area (Å²) in [6.07, 6.45) is 5.52. The van der Waals surface area contributed by atoms with Gasteiger partial charge in [-0.3, -0.25) is 4.79 Å². The molecule has 3 N–H and O–H groups in total. The van der Waals surface area contributed by atoms with Crippen molar-refractivity contribution < 1.29 is 4.79 Å². The van der Waals surface area contributed by atoms with Crippen LogP contribution in [0.2, 0.25) is 0 Å². The number of rotatable bonds is 4. The molecule has 108 valence electrons. The molecule has 0 saturated heterocycles. The molecule has 0 saturated carbocycles. The third kappa shape index (κ3) is 3.11. The number of nitrogens with one attached hydrogen (secondary N) is 1. The zero-order chi connectivity index (χ0) is 14.7. The van der Waals surface area contributed by atoms with Crippen LogP contribution in [0.3, 0.4) is 0 Å². The first-order valence-corrected chi connectivity index (χ1v) is 7.65. The van der Waals surface area contributed by atoms with Crippen LogP contribution in [0.4, 0.5) is 5.13 Å². The van der Waals surface area contributed by atoms with Gasteiger partial charge < -0.3 is 11.1 Å². The summed E-state index contributed by atoms with van der Waals surface area (Å²) in [6.45, 7) is 0. The molecule has 21 heavy (non-hydrogen) atoms. The van der Waals surface area contributed by atoms with Crippen molar-refractivity contribution in [3.8, 4) is 10.6 Å². The number of amides is 1. The molecule has 2 unspecified atom stereocenters. The molecule has 0 bridgehead atoms. The summed E-state index contributed by atoms with van der Waals surface area (Å²) >= 11 is 1.48. The minimum atomic E-state index is -0.273. The lowest BCUT2D eigenvalue weighted by Gasteiger charge is -2.26. The number of carbonyl (C=O) groups excluding carboxylic acids is 1. The highest BCUT2D eigenvalue weighted by Gasteiger charge is 2.27. The summed E-state index contributed by atoms with van der Waals surface area (Å²) < 4.78 is 0. The maximum atomic E-state index is 11.5. The maximum Gasteiger partial charge on any atom is 0.222 e. The summed E-state index contributed by atoms with van der Waals surface area (Å²) in [5.41, 5.74) is 6.50. The van der Waals surface area contributed by atoms with E-state index in [2.05, 4.69) is 21.6 Å². The third-order valence-corrected chi connectivity index (χ3v) is 4.46. The Hall–Kier alpha value is -2.21. The van der Waals surface area contributed by atoms with Crippen molar-refractivity contribution in [2.45, 2.75) is 18.9 Å². The topological polar surface area (TPSA) is 80.9 Å². The Balaban J connectivity index is 1.75. The highest BCUT2D eigenvalue weighted by Crippen LogP contribution is 2.29. The number of nitrogens with two attached hydrogens (primary N) is 1. The van der Waals surface area contributed by atoms with E-state index in [9.17, 15) is 4.79 Å². The van der Waals surface area contributed by atoms with Crippen LogP contribution in [-0.2, 0) is 4.79 Å². The molecule has 6 heteroatoms. The van der Waals surface area contributed by atoms with Gasteiger partial charge in [0, 0.05) is 11.6 Å². The van der Waals surface area contributed by atoms with Crippen LogP contribution in [0.1, 0.15) is 12.8 Å². The van der Waals surface area contributed by atoms with E-state index in [1.165, 1.54) is 11.3 Å². The molecule has 0 radical (unpaired) electrons. The summed E-state index contributed by atoms with van der Waals surface area (Å²) in [4.78, 5) is 11.5. The second-order valence-electron chi connectivity index (χ2n) is 4.98. The number of benzene rings is 1. The van der Waals surface area contributed by atoms with Gasteiger partial charge in [-0.25, -0.2) is 0 Å². The van der Waals surface area contributed by atoms with Crippen LogP contribution in [0, 0.1) is 5.92 Å². The highest BCUT2D eigenvalue weighted by molar-refractivity contribution is 7.18. The van der Waals surface area contributed by atoms with E-state index in [0.29, 0.717) is 6.42 Å². The van der Waals surface area contributed by atoms with Gasteiger partial charge in [-0.15, -0.1) is 10.2 Å². The van der Waals surface area contributed by atoms with Crippen molar-refractivity contribution in [1.29, 1.82) is 0 Å². The van der Waals surface area contributed by atoms with Gasteiger partial charge in [0.15, 0.2) is 0 Å². The Labute approximate surface area is 126 Å². The number of hydrogen-bond acceptors (Lipinski definition) is 5. The van der Waals surface area contributed by atoms with Crippen LogP contribution < -0.4 is 11.1 Å². The quantitative estimate of drug-likeness (QED) is 0.850. The van der Waals surface area contributed by atoms with E-state index in [1.54, 1.807) is 0 Å². The lowest BCUT2D eigenvalue weighted by Crippen LogP contribution is -2.39. The molecule has 1 aliphatic carbocycles. The van der Waals surface area contributed by atoms with Gasteiger partial charge in [0.2, 0.25) is 11.0 Å². The van der Waals surface area contributed by atoms with Crippen molar-refractivity contribution in [3.05, 3.63) is 42.5 Å². The average molecular weight is 300 g/mol. The molecule has 1 heterocycles. The van der Waals surface area contributed by atoms with Gasteiger partial charge in [-0.2, -0.15) is 0 Å². The van der Waals surface area contributed by atoms with E-state index in [1.807, 2.05) is 36.4 Å². The molecule has 1 aliphatic rings. The Morgan fingerprint density at radius 1 is 1.19 bits per heavy atom. The first-order chi connectivity index (χ1) is 10.2. The second kappa shape index (κ2) is 6.05. The Bertz CT molecular complexity index is 653. The molecule has 1 amide bonds. The molecule has 2 aromatic rings. The molecule has 1 aromatic heterocycles. The monoisotopic (exact) mass is 300 g/mol. The fourth-order valence-corrected chi connectivity index (χ4v) is 3.24. The fraction of sp³-hybridized carbons (Fsp3) is 0.267. The van der Waals surface area contributed by atoms with E-state index in [4.69, 9.17) is 5.73 Å². The minimum absolute atomic E-state index is 0.0101. The molecule has 2 atom stereocenters. The molecular formula is C15H16N4OS. The van der Waals surface area contributed by atoms with Gasteiger partial charge in [0.05, 0.1) is 5.92 Å². The average Bonchev–Trinajstić information content (AvgIpc) is 2.97. The number of hydrogen-bond donors (Lipinski definition) is 2. The highest BCUT2D eigenvalue weighted by atomic mass is 32.1. The van der Waals surface area contributed by atoms with Crippen molar-refractivity contribution in [1.82, 2.24) is 10.2 Å². The molecule has 0 aliphatic heterocycles. The molecule has 0 spiro atoms. The number of nitrogens with zero attached hydrogens (tertiary/aromatic N) is 2. The van der Waals surface area contributed by atoms with Crippen molar-refractivity contribution in [3.63, 3.8) is 0 Å². The van der Waals surface area contributed by atoms with Gasteiger partial charge in [-0.05, 0) is 12.8 Å². The van der Waals surface area contributed by atoms with Crippen LogP contribution in [0.15, 0.2) is 42.5 Å². The Morgan fingerprint density at radius 2 is 1.95 bits per heavy atom. The number of carbonyl (C=O) groups is 1. The van der Waals surface area contributed by atoms with Crippen LogP contribution in [0.5, 0.6) is 0 Å². The number of allylic oxidation sites excluding steroid dienone is 1. The molecule has 3 rings (SSSR count). The van der Waals surface area contributed by atoms with Gasteiger partial charge in [0.25, 0.3) is 0 Å². The normalized spacial score (nSPS) is 21.1. The molecule has 5 nitrogen and oxygen atoms in total. The first kappa shape index (κ1) is 13.8.